The summed E-state index contributed by atoms with van der Waals surface area (Å²) in [5.41, 5.74) is 0.584. The van der Waals surface area contributed by atoms with Gasteiger partial charge < -0.3 is 10.2 Å². The molecule has 1 N–H and O–H groups in total. The Morgan fingerprint density at radius 2 is 2.10 bits per heavy atom. The van der Waals surface area contributed by atoms with Crippen LogP contribution < -0.4 is 5.32 Å². The lowest BCUT2D eigenvalue weighted by atomic mass is 10.1. The maximum atomic E-state index is 12.8. The molecule has 0 amide bonds. The summed E-state index contributed by atoms with van der Waals surface area (Å²) < 4.78 is 27.1. The zero-order valence-electron chi connectivity index (χ0n) is 12.4. The molecule has 1 fully saturated rings. The van der Waals surface area contributed by atoms with Crippen molar-refractivity contribution in [1.82, 2.24) is 14.2 Å². The first-order valence-corrected chi connectivity index (χ1v) is 8.10. The van der Waals surface area contributed by atoms with Crippen molar-refractivity contribution in [3.8, 4) is 0 Å². The molecule has 112 valence electrons. The summed E-state index contributed by atoms with van der Waals surface area (Å²) in [5, 5.41) is 2.91. The molecule has 6 nitrogen and oxygen atoms in total. The molecule has 1 saturated heterocycles. The number of hydrogen-bond acceptors (Lipinski definition) is 5. The minimum absolute atomic E-state index is 0.245. The minimum Gasteiger partial charge on any atom is -0.387 e. The van der Waals surface area contributed by atoms with Crippen LogP contribution in [0.25, 0.3) is 0 Å². The van der Waals surface area contributed by atoms with E-state index in [1.807, 2.05) is 14.1 Å². The van der Waals surface area contributed by atoms with Crippen molar-refractivity contribution >= 4 is 15.7 Å². The van der Waals surface area contributed by atoms with E-state index in [-0.39, 0.29) is 10.9 Å². The van der Waals surface area contributed by atoms with Gasteiger partial charge in [0.1, 0.15) is 4.90 Å². The summed E-state index contributed by atoms with van der Waals surface area (Å²) >= 11 is 0. The van der Waals surface area contributed by atoms with E-state index in [1.54, 1.807) is 23.6 Å². The Kier molecular flexibility index (Phi) is 4.31. The molecule has 0 bridgehead atoms. The normalized spacial score (nSPS) is 24.2. The third-order valence-electron chi connectivity index (χ3n) is 3.87. The minimum atomic E-state index is -3.50. The standard InChI is InChI=1S/C13H22N4O2S/c1-10-8-17(9-12(10)16(3)4)20(18,19)13-7-15-6-5-11(13)14-2/h5-7,10,12H,8-9H2,1-4H3,(H,14,15). The highest BCUT2D eigenvalue weighted by Crippen LogP contribution is 2.29. The monoisotopic (exact) mass is 298 g/mol. The predicted molar refractivity (Wildman–Crippen MR) is 79.2 cm³/mol. The van der Waals surface area contributed by atoms with Crippen LogP contribution >= 0.6 is 0 Å². The molecule has 7 heteroatoms. The van der Waals surface area contributed by atoms with Crippen molar-refractivity contribution in [3.05, 3.63) is 18.5 Å². The maximum absolute atomic E-state index is 12.8. The first-order chi connectivity index (χ1) is 9.37. The largest absolute Gasteiger partial charge is 0.387 e. The SMILES string of the molecule is CNc1ccncc1S(=O)(=O)N1CC(C)C(N(C)C)C1. The maximum Gasteiger partial charge on any atom is 0.246 e. The first-order valence-electron chi connectivity index (χ1n) is 6.66. The van der Waals surface area contributed by atoms with Crippen LogP contribution in [0.2, 0.25) is 0 Å². The lowest BCUT2D eigenvalue weighted by Gasteiger charge is -2.22. The molecule has 0 radical (unpaired) electrons. The molecule has 2 heterocycles. The number of sulfonamides is 1. The highest BCUT2D eigenvalue weighted by molar-refractivity contribution is 7.89. The average molecular weight is 298 g/mol. The zero-order chi connectivity index (χ0) is 14.9. The molecule has 2 unspecified atom stereocenters. The quantitative estimate of drug-likeness (QED) is 0.886. The van der Waals surface area contributed by atoms with Gasteiger partial charge in [-0.1, -0.05) is 6.92 Å². The summed E-state index contributed by atoms with van der Waals surface area (Å²) in [6, 6.07) is 1.93. The van der Waals surface area contributed by atoms with Gasteiger partial charge in [0.15, 0.2) is 0 Å². The summed E-state index contributed by atoms with van der Waals surface area (Å²) in [6.07, 6.45) is 2.99. The number of likely N-dealkylation sites (N-methyl/N-ethyl adjacent to an activating group) is 1. The molecule has 1 aliphatic rings. The van der Waals surface area contributed by atoms with E-state index in [2.05, 4.69) is 22.1 Å². The molecule has 1 aromatic heterocycles. The van der Waals surface area contributed by atoms with Gasteiger partial charge in [0.25, 0.3) is 0 Å². The van der Waals surface area contributed by atoms with Crippen LogP contribution in [0.5, 0.6) is 0 Å². The number of nitrogens with zero attached hydrogens (tertiary/aromatic N) is 3. The second-order valence-corrected chi connectivity index (χ2v) is 7.36. The summed E-state index contributed by atoms with van der Waals surface area (Å²) in [6.45, 7) is 3.15. The van der Waals surface area contributed by atoms with E-state index < -0.39 is 10.0 Å². The van der Waals surface area contributed by atoms with Crippen LogP contribution in [0, 0.1) is 5.92 Å². The third kappa shape index (κ3) is 2.65. The summed E-state index contributed by atoms with van der Waals surface area (Å²) in [7, 11) is 2.19. The molecular formula is C13H22N4O2S. The van der Waals surface area contributed by atoms with Crippen LogP contribution in [0.15, 0.2) is 23.4 Å². The molecule has 2 atom stereocenters. The van der Waals surface area contributed by atoms with Gasteiger partial charge in [0.2, 0.25) is 10.0 Å². The van der Waals surface area contributed by atoms with E-state index in [0.717, 1.165) is 0 Å². The fourth-order valence-electron chi connectivity index (χ4n) is 2.71. The van der Waals surface area contributed by atoms with Gasteiger partial charge in [-0.3, -0.25) is 4.98 Å². The average Bonchev–Trinajstić information content (AvgIpc) is 2.81. The van der Waals surface area contributed by atoms with Crippen molar-refractivity contribution in [3.63, 3.8) is 0 Å². The Hall–Kier alpha value is -1.18. The first kappa shape index (κ1) is 15.2. The fourth-order valence-corrected chi connectivity index (χ4v) is 4.41. The molecular weight excluding hydrogens is 276 g/mol. The molecule has 20 heavy (non-hydrogen) atoms. The van der Waals surface area contributed by atoms with Gasteiger partial charge in [-0.05, 0) is 26.1 Å². The van der Waals surface area contributed by atoms with Crippen LogP contribution in [-0.4, -0.2) is 62.9 Å². The molecule has 0 aliphatic carbocycles. The van der Waals surface area contributed by atoms with Crippen LogP contribution in [0.4, 0.5) is 5.69 Å². The highest BCUT2D eigenvalue weighted by atomic mass is 32.2. The molecule has 0 aromatic carbocycles. The summed E-state index contributed by atoms with van der Waals surface area (Å²) in [5.74, 6) is 0.314. The van der Waals surface area contributed by atoms with Crippen molar-refractivity contribution in [2.24, 2.45) is 5.92 Å². The Morgan fingerprint density at radius 3 is 2.65 bits per heavy atom. The second-order valence-electron chi connectivity index (χ2n) is 5.45. The van der Waals surface area contributed by atoms with Gasteiger partial charge in [-0.15, -0.1) is 0 Å². The Balaban J connectivity index is 2.33. The van der Waals surface area contributed by atoms with E-state index in [4.69, 9.17) is 0 Å². The predicted octanol–water partition coefficient (Wildman–Crippen LogP) is 0.694. The number of nitrogens with one attached hydrogen (secondary N) is 1. The molecule has 2 rings (SSSR count). The van der Waals surface area contributed by atoms with Gasteiger partial charge in [0.05, 0.1) is 5.69 Å². The lowest BCUT2D eigenvalue weighted by Crippen LogP contribution is -2.36. The van der Waals surface area contributed by atoms with Gasteiger partial charge in [-0.2, -0.15) is 4.31 Å². The number of hydrogen-bond donors (Lipinski definition) is 1. The molecule has 0 saturated carbocycles. The van der Waals surface area contributed by atoms with Crippen molar-refractivity contribution in [2.75, 3.05) is 39.5 Å². The van der Waals surface area contributed by atoms with E-state index in [9.17, 15) is 8.42 Å². The molecule has 1 aliphatic heterocycles. The van der Waals surface area contributed by atoms with Crippen LogP contribution in [0.3, 0.4) is 0 Å². The number of rotatable bonds is 4. The smallest absolute Gasteiger partial charge is 0.246 e. The van der Waals surface area contributed by atoms with Gasteiger partial charge in [-0.25, -0.2) is 8.42 Å². The Bertz CT molecular complexity index is 573. The summed E-state index contributed by atoms with van der Waals surface area (Å²) in [4.78, 5) is 6.28. The fraction of sp³-hybridized carbons (Fsp3) is 0.615. The molecule has 0 spiro atoms. The van der Waals surface area contributed by atoms with Crippen LogP contribution in [0.1, 0.15) is 6.92 Å². The number of pyridine rings is 1. The number of anilines is 1. The van der Waals surface area contributed by atoms with Gasteiger partial charge >= 0.3 is 0 Å². The topological polar surface area (TPSA) is 65.5 Å². The van der Waals surface area contributed by atoms with E-state index >= 15 is 0 Å². The number of aromatic nitrogens is 1. The zero-order valence-corrected chi connectivity index (χ0v) is 13.2. The van der Waals surface area contributed by atoms with Crippen molar-refractivity contribution in [1.29, 1.82) is 0 Å². The van der Waals surface area contributed by atoms with Crippen molar-refractivity contribution < 1.29 is 8.42 Å². The van der Waals surface area contributed by atoms with E-state index in [0.29, 0.717) is 24.7 Å². The Labute approximate surface area is 120 Å². The third-order valence-corrected chi connectivity index (χ3v) is 5.73. The van der Waals surface area contributed by atoms with Gasteiger partial charge in [0, 0.05) is 38.6 Å². The van der Waals surface area contributed by atoms with E-state index in [1.165, 1.54) is 6.20 Å². The highest BCUT2D eigenvalue weighted by Gasteiger charge is 2.38. The van der Waals surface area contributed by atoms with Crippen molar-refractivity contribution in [2.45, 2.75) is 17.9 Å². The Morgan fingerprint density at radius 1 is 1.40 bits per heavy atom. The lowest BCUT2D eigenvalue weighted by molar-refractivity contribution is 0.263. The molecule has 1 aromatic rings. The van der Waals surface area contributed by atoms with Crippen LogP contribution in [-0.2, 0) is 10.0 Å². The second kappa shape index (κ2) is 5.67.